The van der Waals surface area contributed by atoms with E-state index in [4.69, 9.17) is 4.74 Å². The third-order valence-electron chi connectivity index (χ3n) is 4.72. The van der Waals surface area contributed by atoms with E-state index in [1.54, 1.807) is 0 Å². The van der Waals surface area contributed by atoms with Crippen LogP contribution in [0.25, 0.3) is 0 Å². The second-order valence-electron chi connectivity index (χ2n) is 6.56. The molecule has 0 spiro atoms. The zero-order valence-corrected chi connectivity index (χ0v) is 14.6. The topological polar surface area (TPSA) is 38.3 Å². The molecule has 23 heavy (non-hydrogen) atoms. The third kappa shape index (κ3) is 5.89. The SMILES string of the molecule is CCc1ccc(O[C@H](CC)C(=O)NC2CCCCCCC2)cc1. The first-order valence-electron chi connectivity index (χ1n) is 9.29. The van der Waals surface area contributed by atoms with Crippen LogP contribution in [0, 0.1) is 0 Å². The first-order chi connectivity index (χ1) is 11.2. The molecular weight excluding hydrogens is 286 g/mol. The minimum atomic E-state index is -0.395. The second-order valence-corrected chi connectivity index (χ2v) is 6.56. The summed E-state index contributed by atoms with van der Waals surface area (Å²) in [5.41, 5.74) is 1.28. The third-order valence-corrected chi connectivity index (χ3v) is 4.72. The van der Waals surface area contributed by atoms with Crippen LogP contribution in [-0.2, 0) is 11.2 Å². The number of hydrogen-bond acceptors (Lipinski definition) is 2. The van der Waals surface area contributed by atoms with Gasteiger partial charge in [-0.25, -0.2) is 0 Å². The first kappa shape index (κ1) is 17.8. The summed E-state index contributed by atoms with van der Waals surface area (Å²) in [4.78, 5) is 12.5. The standard InChI is InChI=1S/C20H31NO2/c1-3-16-12-14-18(15-13-16)23-19(4-2)20(22)21-17-10-8-6-5-7-9-11-17/h12-15,17,19H,3-11H2,1-2H3,(H,21,22)/t19-/m1/s1. The van der Waals surface area contributed by atoms with Crippen LogP contribution in [-0.4, -0.2) is 18.1 Å². The Morgan fingerprint density at radius 2 is 1.70 bits per heavy atom. The number of amides is 1. The molecule has 0 saturated heterocycles. The van der Waals surface area contributed by atoms with Crippen LogP contribution in [0.5, 0.6) is 5.75 Å². The largest absolute Gasteiger partial charge is 0.481 e. The van der Waals surface area contributed by atoms with Gasteiger partial charge in [0.05, 0.1) is 0 Å². The first-order valence-corrected chi connectivity index (χ1v) is 9.29. The Morgan fingerprint density at radius 3 is 2.26 bits per heavy atom. The van der Waals surface area contributed by atoms with Gasteiger partial charge < -0.3 is 10.1 Å². The fraction of sp³-hybridized carbons (Fsp3) is 0.650. The van der Waals surface area contributed by atoms with Crippen LogP contribution in [0.15, 0.2) is 24.3 Å². The normalized spacial score (nSPS) is 17.8. The summed E-state index contributed by atoms with van der Waals surface area (Å²) in [6.07, 6.45) is 9.90. The van der Waals surface area contributed by atoms with Crippen molar-refractivity contribution in [2.45, 2.75) is 83.8 Å². The molecule has 1 aromatic rings. The zero-order valence-electron chi connectivity index (χ0n) is 14.6. The van der Waals surface area contributed by atoms with Crippen molar-refractivity contribution in [3.63, 3.8) is 0 Å². The summed E-state index contributed by atoms with van der Waals surface area (Å²) >= 11 is 0. The van der Waals surface area contributed by atoms with Crippen molar-refractivity contribution in [1.82, 2.24) is 5.32 Å². The summed E-state index contributed by atoms with van der Waals surface area (Å²) in [6.45, 7) is 4.13. The molecule has 3 nitrogen and oxygen atoms in total. The lowest BCUT2D eigenvalue weighted by Crippen LogP contribution is -2.43. The lowest BCUT2D eigenvalue weighted by molar-refractivity contribution is -0.129. The number of benzene rings is 1. The minimum Gasteiger partial charge on any atom is -0.481 e. The van der Waals surface area contributed by atoms with E-state index < -0.39 is 6.10 Å². The summed E-state index contributed by atoms with van der Waals surface area (Å²) in [6, 6.07) is 8.38. The van der Waals surface area contributed by atoms with Crippen molar-refractivity contribution >= 4 is 5.91 Å². The Hall–Kier alpha value is -1.51. The van der Waals surface area contributed by atoms with Gasteiger partial charge in [0.15, 0.2) is 6.10 Å². The number of carbonyl (C=O) groups excluding carboxylic acids is 1. The highest BCUT2D eigenvalue weighted by molar-refractivity contribution is 5.81. The quantitative estimate of drug-likeness (QED) is 0.830. The maximum absolute atomic E-state index is 12.5. The molecule has 128 valence electrons. The van der Waals surface area contributed by atoms with Crippen molar-refractivity contribution in [3.8, 4) is 5.75 Å². The smallest absolute Gasteiger partial charge is 0.261 e. The second kappa shape index (κ2) is 9.59. The van der Waals surface area contributed by atoms with Gasteiger partial charge in [0.2, 0.25) is 0 Å². The molecule has 1 saturated carbocycles. The molecule has 0 aliphatic heterocycles. The van der Waals surface area contributed by atoms with Crippen LogP contribution in [0.2, 0.25) is 0 Å². The van der Waals surface area contributed by atoms with Gasteiger partial charge in [-0.1, -0.05) is 58.1 Å². The van der Waals surface area contributed by atoms with Crippen LogP contribution in [0.3, 0.4) is 0 Å². The fourth-order valence-electron chi connectivity index (χ4n) is 3.18. The van der Waals surface area contributed by atoms with Crippen LogP contribution in [0.4, 0.5) is 0 Å². The number of ether oxygens (including phenoxy) is 1. The van der Waals surface area contributed by atoms with E-state index in [0.29, 0.717) is 12.5 Å². The number of nitrogens with one attached hydrogen (secondary N) is 1. The summed E-state index contributed by atoms with van der Waals surface area (Å²) in [7, 11) is 0. The van der Waals surface area contributed by atoms with Gasteiger partial charge in [-0.2, -0.15) is 0 Å². The molecule has 0 aromatic heterocycles. The van der Waals surface area contributed by atoms with E-state index in [0.717, 1.165) is 25.0 Å². The number of rotatable bonds is 6. The molecule has 3 heteroatoms. The van der Waals surface area contributed by atoms with Gasteiger partial charge in [-0.3, -0.25) is 4.79 Å². The molecule has 1 amide bonds. The van der Waals surface area contributed by atoms with Crippen molar-refractivity contribution in [3.05, 3.63) is 29.8 Å². The Morgan fingerprint density at radius 1 is 1.09 bits per heavy atom. The summed E-state index contributed by atoms with van der Waals surface area (Å²) < 4.78 is 5.91. The molecule has 2 rings (SSSR count). The van der Waals surface area contributed by atoms with E-state index in [9.17, 15) is 4.79 Å². The van der Waals surface area contributed by atoms with E-state index in [1.165, 1.54) is 37.7 Å². The predicted octanol–water partition coefficient (Wildman–Crippen LogP) is 4.64. The Kier molecular flexibility index (Phi) is 7.44. The average molecular weight is 317 g/mol. The maximum Gasteiger partial charge on any atom is 0.261 e. The van der Waals surface area contributed by atoms with Crippen LogP contribution < -0.4 is 10.1 Å². The molecule has 0 bridgehead atoms. The van der Waals surface area contributed by atoms with Gasteiger partial charge >= 0.3 is 0 Å². The van der Waals surface area contributed by atoms with Crippen LogP contribution >= 0.6 is 0 Å². The van der Waals surface area contributed by atoms with Gasteiger partial charge in [-0.15, -0.1) is 0 Å². The lowest BCUT2D eigenvalue weighted by atomic mass is 9.96. The molecule has 1 fully saturated rings. The summed E-state index contributed by atoms with van der Waals surface area (Å²) in [5, 5.41) is 3.22. The van der Waals surface area contributed by atoms with Crippen molar-refractivity contribution in [1.29, 1.82) is 0 Å². The summed E-state index contributed by atoms with van der Waals surface area (Å²) in [5.74, 6) is 0.819. The van der Waals surface area contributed by atoms with Crippen molar-refractivity contribution in [2.75, 3.05) is 0 Å². The van der Waals surface area contributed by atoms with Gasteiger partial charge in [-0.05, 0) is 43.4 Å². The molecule has 1 aliphatic rings. The van der Waals surface area contributed by atoms with Crippen molar-refractivity contribution < 1.29 is 9.53 Å². The highest BCUT2D eigenvalue weighted by Crippen LogP contribution is 2.19. The maximum atomic E-state index is 12.5. The van der Waals surface area contributed by atoms with Crippen molar-refractivity contribution in [2.24, 2.45) is 0 Å². The molecule has 0 unspecified atom stereocenters. The highest BCUT2D eigenvalue weighted by atomic mass is 16.5. The van der Waals surface area contributed by atoms with Crippen LogP contribution in [0.1, 0.15) is 70.8 Å². The lowest BCUT2D eigenvalue weighted by Gasteiger charge is -2.24. The molecule has 1 aliphatic carbocycles. The highest BCUT2D eigenvalue weighted by Gasteiger charge is 2.22. The molecule has 0 radical (unpaired) electrons. The number of carbonyl (C=O) groups is 1. The fourth-order valence-corrected chi connectivity index (χ4v) is 3.18. The van der Waals surface area contributed by atoms with Gasteiger partial charge in [0, 0.05) is 6.04 Å². The van der Waals surface area contributed by atoms with E-state index >= 15 is 0 Å². The number of hydrogen-bond donors (Lipinski definition) is 1. The Bertz CT molecular complexity index is 461. The van der Waals surface area contributed by atoms with E-state index in [1.807, 2.05) is 19.1 Å². The zero-order chi connectivity index (χ0) is 16.5. The van der Waals surface area contributed by atoms with E-state index in [2.05, 4.69) is 24.4 Å². The molecule has 1 aromatic carbocycles. The van der Waals surface area contributed by atoms with Gasteiger partial charge in [0.25, 0.3) is 5.91 Å². The Labute approximate surface area is 140 Å². The molecule has 1 N–H and O–H groups in total. The molecular formula is C20H31NO2. The van der Waals surface area contributed by atoms with Gasteiger partial charge in [0.1, 0.15) is 5.75 Å². The number of aryl methyl sites for hydroxylation is 1. The van der Waals surface area contributed by atoms with E-state index in [-0.39, 0.29) is 5.91 Å². The average Bonchev–Trinajstić information content (AvgIpc) is 2.55. The Balaban J connectivity index is 1.88. The monoisotopic (exact) mass is 317 g/mol. The molecule has 1 atom stereocenters. The minimum absolute atomic E-state index is 0.0395. The predicted molar refractivity (Wildman–Crippen MR) is 94.8 cm³/mol. The molecule has 0 heterocycles.